The Morgan fingerprint density at radius 3 is 2.25 bits per heavy atom. The third-order valence-electron chi connectivity index (χ3n) is 6.90. The van der Waals surface area contributed by atoms with Crippen molar-refractivity contribution in [3.63, 3.8) is 0 Å². The van der Waals surface area contributed by atoms with E-state index in [0.29, 0.717) is 11.7 Å². The molecule has 3 rings (SSSR count). The van der Waals surface area contributed by atoms with E-state index >= 15 is 0 Å². The van der Waals surface area contributed by atoms with Gasteiger partial charge in [0.25, 0.3) is 0 Å². The Morgan fingerprint density at radius 1 is 1.06 bits per heavy atom. The van der Waals surface area contributed by atoms with Crippen LogP contribution in [-0.2, 0) is 11.2 Å². The standard InChI is InChI=1S/C28H36O3S/c1-18-16-21(17-19(2)27(18)31-28(4,5)20(3)29)10-11-22-8-7-9-25(22)26(30)23-12-14-24(32-6)15-13-23/h12-17,22,25H,7-11H2,1-6H3/t22-,25+/m1/s1. The highest BCUT2D eigenvalue weighted by molar-refractivity contribution is 7.98. The van der Waals surface area contributed by atoms with E-state index in [1.54, 1.807) is 18.7 Å². The summed E-state index contributed by atoms with van der Waals surface area (Å²) in [6, 6.07) is 12.4. The van der Waals surface area contributed by atoms with Crippen molar-refractivity contribution < 1.29 is 14.3 Å². The van der Waals surface area contributed by atoms with E-state index < -0.39 is 5.60 Å². The number of hydrogen-bond acceptors (Lipinski definition) is 4. The molecule has 1 fully saturated rings. The van der Waals surface area contributed by atoms with Crippen molar-refractivity contribution in [3.05, 3.63) is 58.7 Å². The first-order valence-corrected chi connectivity index (χ1v) is 12.8. The lowest BCUT2D eigenvalue weighted by Crippen LogP contribution is -2.36. The summed E-state index contributed by atoms with van der Waals surface area (Å²) in [5.74, 6) is 1.70. The summed E-state index contributed by atoms with van der Waals surface area (Å²) in [5, 5.41) is 0. The third kappa shape index (κ3) is 5.64. The Kier molecular flexibility index (Phi) is 7.87. The van der Waals surface area contributed by atoms with Crippen LogP contribution in [0.2, 0.25) is 0 Å². The number of rotatable bonds is 9. The molecule has 0 N–H and O–H groups in total. The number of ketones is 2. The molecule has 0 spiro atoms. The SMILES string of the molecule is CSc1ccc(C(=O)[C@H]2CCC[C@@H]2CCc2cc(C)c(OC(C)(C)C(C)=O)c(C)c2)cc1. The van der Waals surface area contributed by atoms with Crippen LogP contribution in [0.15, 0.2) is 41.3 Å². The summed E-state index contributed by atoms with van der Waals surface area (Å²) < 4.78 is 6.08. The van der Waals surface area contributed by atoms with Crippen molar-refractivity contribution >= 4 is 23.3 Å². The molecule has 3 nitrogen and oxygen atoms in total. The number of aryl methyl sites for hydroxylation is 3. The van der Waals surface area contributed by atoms with E-state index in [0.717, 1.165) is 54.5 Å². The summed E-state index contributed by atoms with van der Waals surface area (Å²) in [6.45, 7) is 9.28. The highest BCUT2D eigenvalue weighted by Gasteiger charge is 2.33. The van der Waals surface area contributed by atoms with Crippen molar-refractivity contribution in [3.8, 4) is 5.75 Å². The van der Waals surface area contributed by atoms with Crippen molar-refractivity contribution in [2.45, 2.75) is 77.2 Å². The van der Waals surface area contributed by atoms with Crippen LogP contribution in [0.4, 0.5) is 0 Å². The van der Waals surface area contributed by atoms with E-state index in [1.807, 2.05) is 52.0 Å². The van der Waals surface area contributed by atoms with Crippen LogP contribution < -0.4 is 4.74 Å². The van der Waals surface area contributed by atoms with Gasteiger partial charge in [0.2, 0.25) is 0 Å². The Bertz CT molecular complexity index is 952. The number of benzene rings is 2. The molecule has 172 valence electrons. The van der Waals surface area contributed by atoms with Crippen LogP contribution in [0.1, 0.15) is 73.5 Å². The molecule has 0 bridgehead atoms. The molecule has 2 aromatic carbocycles. The fourth-order valence-corrected chi connectivity index (χ4v) is 5.13. The summed E-state index contributed by atoms with van der Waals surface area (Å²) in [6.07, 6.45) is 7.30. The second-order valence-corrected chi connectivity index (χ2v) is 10.5. The molecule has 1 aliphatic carbocycles. The van der Waals surface area contributed by atoms with E-state index in [-0.39, 0.29) is 11.7 Å². The monoisotopic (exact) mass is 452 g/mol. The van der Waals surface area contributed by atoms with Crippen LogP contribution in [0.5, 0.6) is 5.75 Å². The van der Waals surface area contributed by atoms with Gasteiger partial charge in [-0.3, -0.25) is 9.59 Å². The molecule has 1 saturated carbocycles. The van der Waals surface area contributed by atoms with Gasteiger partial charge in [-0.25, -0.2) is 0 Å². The summed E-state index contributed by atoms with van der Waals surface area (Å²) in [4.78, 5) is 26.2. The lowest BCUT2D eigenvalue weighted by atomic mass is 9.84. The highest BCUT2D eigenvalue weighted by atomic mass is 32.2. The fourth-order valence-electron chi connectivity index (χ4n) is 4.72. The predicted octanol–water partition coefficient (Wildman–Crippen LogP) is 7.00. The fraction of sp³-hybridized carbons (Fsp3) is 0.500. The molecule has 4 heteroatoms. The molecule has 0 aliphatic heterocycles. The minimum atomic E-state index is -0.831. The van der Waals surface area contributed by atoms with Crippen molar-refractivity contribution in [1.82, 2.24) is 0 Å². The zero-order valence-electron chi connectivity index (χ0n) is 20.3. The quantitative estimate of drug-likeness (QED) is 0.303. The van der Waals surface area contributed by atoms with Gasteiger partial charge in [-0.05, 0) is 101 Å². The molecule has 0 aromatic heterocycles. The van der Waals surface area contributed by atoms with E-state index in [2.05, 4.69) is 18.4 Å². The maximum Gasteiger partial charge on any atom is 0.172 e. The van der Waals surface area contributed by atoms with Gasteiger partial charge in [0.15, 0.2) is 17.2 Å². The first-order valence-electron chi connectivity index (χ1n) is 11.6. The number of Topliss-reactive ketones (excluding diaryl/α,β-unsaturated/α-hetero) is 2. The van der Waals surface area contributed by atoms with E-state index in [4.69, 9.17) is 4.74 Å². The number of ether oxygens (including phenoxy) is 1. The van der Waals surface area contributed by atoms with E-state index in [1.165, 1.54) is 10.5 Å². The lowest BCUT2D eigenvalue weighted by molar-refractivity contribution is -0.129. The molecular weight excluding hydrogens is 416 g/mol. The maximum atomic E-state index is 13.2. The molecule has 1 aliphatic rings. The number of carbonyl (C=O) groups is 2. The van der Waals surface area contributed by atoms with Crippen LogP contribution >= 0.6 is 11.8 Å². The highest BCUT2D eigenvalue weighted by Crippen LogP contribution is 2.38. The Labute approximate surface area is 197 Å². The van der Waals surface area contributed by atoms with Crippen LogP contribution in [0, 0.1) is 25.7 Å². The maximum absolute atomic E-state index is 13.2. The molecule has 0 unspecified atom stereocenters. The predicted molar refractivity (Wildman–Crippen MR) is 133 cm³/mol. The largest absolute Gasteiger partial charge is 0.480 e. The number of hydrogen-bond donors (Lipinski definition) is 0. The zero-order valence-corrected chi connectivity index (χ0v) is 21.1. The summed E-state index contributed by atoms with van der Waals surface area (Å²) >= 11 is 1.70. The first-order chi connectivity index (χ1) is 15.1. The molecule has 0 amide bonds. The molecule has 2 atom stereocenters. The number of carbonyl (C=O) groups excluding carboxylic acids is 2. The Balaban J connectivity index is 1.67. The van der Waals surface area contributed by atoms with Crippen LogP contribution in [-0.4, -0.2) is 23.4 Å². The van der Waals surface area contributed by atoms with Gasteiger partial charge in [-0.2, -0.15) is 0 Å². The smallest absolute Gasteiger partial charge is 0.172 e. The second kappa shape index (κ2) is 10.2. The van der Waals surface area contributed by atoms with Crippen molar-refractivity contribution in [2.75, 3.05) is 6.26 Å². The Hall–Kier alpha value is -2.07. The molecule has 0 radical (unpaired) electrons. The average Bonchev–Trinajstić information content (AvgIpc) is 3.23. The molecule has 0 heterocycles. The minimum absolute atomic E-state index is 0.0143. The minimum Gasteiger partial charge on any atom is -0.480 e. The van der Waals surface area contributed by atoms with Gasteiger partial charge >= 0.3 is 0 Å². The topological polar surface area (TPSA) is 43.4 Å². The van der Waals surface area contributed by atoms with Crippen molar-refractivity contribution in [1.29, 1.82) is 0 Å². The van der Waals surface area contributed by atoms with E-state index in [9.17, 15) is 9.59 Å². The van der Waals surface area contributed by atoms with Crippen LogP contribution in [0.25, 0.3) is 0 Å². The van der Waals surface area contributed by atoms with Gasteiger partial charge in [-0.1, -0.05) is 30.7 Å². The number of thioether (sulfide) groups is 1. The van der Waals surface area contributed by atoms with Gasteiger partial charge in [0.05, 0.1) is 0 Å². The lowest BCUT2D eigenvalue weighted by Gasteiger charge is -2.26. The molecule has 2 aromatic rings. The zero-order chi connectivity index (χ0) is 23.5. The molecular formula is C28H36O3S. The van der Waals surface area contributed by atoms with Gasteiger partial charge in [0, 0.05) is 16.4 Å². The summed E-state index contributed by atoms with van der Waals surface area (Å²) in [7, 11) is 0. The summed E-state index contributed by atoms with van der Waals surface area (Å²) in [5.41, 5.74) is 3.41. The van der Waals surface area contributed by atoms with Crippen molar-refractivity contribution in [2.24, 2.45) is 11.8 Å². The van der Waals surface area contributed by atoms with Gasteiger partial charge in [0.1, 0.15) is 5.75 Å². The Morgan fingerprint density at radius 2 is 1.69 bits per heavy atom. The molecule has 32 heavy (non-hydrogen) atoms. The average molecular weight is 453 g/mol. The second-order valence-electron chi connectivity index (χ2n) is 9.66. The third-order valence-corrected chi connectivity index (χ3v) is 7.64. The normalized spacial score (nSPS) is 18.6. The van der Waals surface area contributed by atoms with Gasteiger partial charge in [-0.15, -0.1) is 11.8 Å². The first kappa shape index (κ1) is 24.6. The molecule has 0 saturated heterocycles. The van der Waals surface area contributed by atoms with Crippen LogP contribution in [0.3, 0.4) is 0 Å². The van der Waals surface area contributed by atoms with Gasteiger partial charge < -0.3 is 4.74 Å².